The molecule has 138 valence electrons. The number of benzene rings is 1. The number of thiophene rings is 1. The minimum atomic E-state index is -0.0142. The van der Waals surface area contributed by atoms with Crippen LogP contribution in [0.15, 0.2) is 45.0 Å². The van der Waals surface area contributed by atoms with E-state index < -0.39 is 0 Å². The molecule has 5 rings (SSSR count). The van der Waals surface area contributed by atoms with Crippen molar-refractivity contribution >= 4 is 43.3 Å². The Morgan fingerprint density at radius 1 is 1.30 bits per heavy atom. The average Bonchev–Trinajstić information content (AvgIpc) is 3.39. The molecule has 1 aliphatic heterocycles. The number of rotatable bonds is 3. The summed E-state index contributed by atoms with van der Waals surface area (Å²) in [5.74, 6) is 1.48. The van der Waals surface area contributed by atoms with Crippen LogP contribution >= 0.6 is 27.3 Å². The highest BCUT2D eigenvalue weighted by Crippen LogP contribution is 2.34. The van der Waals surface area contributed by atoms with Crippen molar-refractivity contribution < 1.29 is 0 Å². The zero-order valence-electron chi connectivity index (χ0n) is 14.8. The Morgan fingerprint density at radius 2 is 2.19 bits per heavy atom. The number of fused-ring (bicyclic) bond motifs is 3. The lowest BCUT2D eigenvalue weighted by Gasteiger charge is -2.24. The normalized spacial score (nSPS) is 18.1. The van der Waals surface area contributed by atoms with E-state index in [1.54, 1.807) is 11.6 Å². The number of aryl methyl sites for hydroxylation is 1. The van der Waals surface area contributed by atoms with Crippen LogP contribution in [0.3, 0.4) is 0 Å². The molecule has 0 amide bonds. The van der Waals surface area contributed by atoms with Crippen LogP contribution in [0, 0.1) is 0 Å². The molecule has 0 aliphatic carbocycles. The fourth-order valence-electron chi connectivity index (χ4n) is 4.04. The summed E-state index contributed by atoms with van der Waals surface area (Å²) in [4.78, 5) is 15.0. The van der Waals surface area contributed by atoms with Gasteiger partial charge in [0.15, 0.2) is 5.82 Å². The second kappa shape index (κ2) is 6.54. The van der Waals surface area contributed by atoms with E-state index in [0.717, 1.165) is 33.5 Å². The maximum Gasteiger partial charge on any atom is 0.272 e. The molecule has 27 heavy (non-hydrogen) atoms. The van der Waals surface area contributed by atoms with Crippen LogP contribution in [-0.4, -0.2) is 30.6 Å². The summed E-state index contributed by atoms with van der Waals surface area (Å²) in [7, 11) is 1.76. The van der Waals surface area contributed by atoms with E-state index in [9.17, 15) is 4.79 Å². The Morgan fingerprint density at radius 3 is 3.04 bits per heavy atom. The van der Waals surface area contributed by atoms with Gasteiger partial charge in [0.2, 0.25) is 5.78 Å². The van der Waals surface area contributed by atoms with E-state index in [1.165, 1.54) is 23.3 Å². The van der Waals surface area contributed by atoms with Crippen LogP contribution in [0.2, 0.25) is 0 Å². The zero-order valence-corrected chi connectivity index (χ0v) is 17.2. The predicted octanol–water partition coefficient (Wildman–Crippen LogP) is 3.74. The van der Waals surface area contributed by atoms with Gasteiger partial charge in [-0.15, -0.1) is 21.5 Å². The second-order valence-electron chi connectivity index (χ2n) is 6.93. The van der Waals surface area contributed by atoms with Gasteiger partial charge in [-0.1, -0.05) is 28.1 Å². The summed E-state index contributed by atoms with van der Waals surface area (Å²) in [5, 5.41) is 10.7. The van der Waals surface area contributed by atoms with Gasteiger partial charge in [-0.2, -0.15) is 0 Å². The Balaban J connectivity index is 1.58. The van der Waals surface area contributed by atoms with Crippen molar-refractivity contribution in [3.05, 3.63) is 61.9 Å². The second-order valence-corrected chi connectivity index (χ2v) is 8.77. The van der Waals surface area contributed by atoms with Crippen LogP contribution < -0.4 is 5.56 Å². The molecule has 3 aromatic heterocycles. The third kappa shape index (κ3) is 2.74. The Labute approximate surface area is 168 Å². The highest BCUT2D eigenvalue weighted by Gasteiger charge is 2.28. The molecule has 4 aromatic rings. The van der Waals surface area contributed by atoms with Crippen LogP contribution in [-0.2, 0) is 13.6 Å². The van der Waals surface area contributed by atoms with E-state index in [4.69, 9.17) is 0 Å². The van der Waals surface area contributed by atoms with E-state index in [2.05, 4.69) is 55.3 Å². The molecule has 4 heterocycles. The lowest BCUT2D eigenvalue weighted by atomic mass is 10.0. The van der Waals surface area contributed by atoms with Crippen LogP contribution in [0.5, 0.6) is 0 Å². The Kier molecular flexibility index (Phi) is 4.14. The first-order chi connectivity index (χ1) is 13.1. The maximum atomic E-state index is 12.5. The van der Waals surface area contributed by atoms with Gasteiger partial charge in [-0.3, -0.25) is 18.7 Å². The summed E-state index contributed by atoms with van der Waals surface area (Å²) in [6.45, 7) is 1.74. The maximum absolute atomic E-state index is 12.5. The predicted molar refractivity (Wildman–Crippen MR) is 110 cm³/mol. The van der Waals surface area contributed by atoms with Gasteiger partial charge in [0.1, 0.15) is 4.70 Å². The molecule has 0 N–H and O–H groups in total. The minimum Gasteiger partial charge on any atom is -0.289 e. The van der Waals surface area contributed by atoms with Gasteiger partial charge in [0, 0.05) is 17.6 Å². The van der Waals surface area contributed by atoms with Crippen molar-refractivity contribution in [1.29, 1.82) is 0 Å². The fourth-order valence-corrected chi connectivity index (χ4v) is 5.31. The molecule has 1 atom stereocenters. The quantitative estimate of drug-likeness (QED) is 0.483. The third-order valence-corrected chi connectivity index (χ3v) is 6.72. The molecule has 1 aliphatic rings. The molecule has 1 unspecified atom stereocenters. The smallest absolute Gasteiger partial charge is 0.272 e. The van der Waals surface area contributed by atoms with Crippen LogP contribution in [0.1, 0.15) is 30.3 Å². The summed E-state index contributed by atoms with van der Waals surface area (Å²) >= 11 is 5.05. The first-order valence-corrected chi connectivity index (χ1v) is 10.6. The number of halogens is 1. The summed E-state index contributed by atoms with van der Waals surface area (Å²) in [5.41, 5.74) is 2.21. The number of likely N-dealkylation sites (tertiary alicyclic amines) is 1. The molecule has 0 bridgehead atoms. The first kappa shape index (κ1) is 17.1. The molecular weight excluding hydrogens is 426 g/mol. The van der Waals surface area contributed by atoms with Crippen molar-refractivity contribution in [2.45, 2.75) is 25.4 Å². The molecule has 1 fully saturated rings. The van der Waals surface area contributed by atoms with Gasteiger partial charge in [-0.05, 0) is 48.5 Å². The van der Waals surface area contributed by atoms with Gasteiger partial charge in [0.25, 0.3) is 5.56 Å². The molecule has 0 radical (unpaired) electrons. The van der Waals surface area contributed by atoms with Crippen LogP contribution in [0.4, 0.5) is 0 Å². The first-order valence-electron chi connectivity index (χ1n) is 8.93. The Bertz CT molecular complexity index is 1210. The molecule has 0 spiro atoms. The highest BCUT2D eigenvalue weighted by molar-refractivity contribution is 9.10. The van der Waals surface area contributed by atoms with Gasteiger partial charge in [-0.25, -0.2) is 0 Å². The Hall–Kier alpha value is -2.03. The van der Waals surface area contributed by atoms with E-state index in [0.29, 0.717) is 18.4 Å². The fraction of sp³-hybridized carbons (Fsp3) is 0.316. The van der Waals surface area contributed by atoms with Crippen molar-refractivity contribution in [2.24, 2.45) is 7.05 Å². The van der Waals surface area contributed by atoms with Crippen molar-refractivity contribution in [2.75, 3.05) is 6.54 Å². The summed E-state index contributed by atoms with van der Waals surface area (Å²) < 4.78 is 5.47. The standard InChI is InChI=1S/C19H18BrN5OS/c1-23-18(26)17-15(7-9-27-17)25-16(21-22-19(23)25)11-24-8-3-6-14(24)12-4-2-5-13(20)10-12/h2,4-5,7,9-10,14H,3,6,8,11H2,1H3. The number of aromatic nitrogens is 4. The van der Waals surface area contributed by atoms with Crippen LogP contribution in [0.25, 0.3) is 16.0 Å². The topological polar surface area (TPSA) is 55.4 Å². The number of hydrogen-bond donors (Lipinski definition) is 0. The van der Waals surface area contributed by atoms with Gasteiger partial charge in [0.05, 0.1) is 12.1 Å². The number of hydrogen-bond acceptors (Lipinski definition) is 5. The van der Waals surface area contributed by atoms with E-state index in [-0.39, 0.29) is 5.56 Å². The van der Waals surface area contributed by atoms with Gasteiger partial charge >= 0.3 is 0 Å². The zero-order chi connectivity index (χ0) is 18.5. The molecule has 6 nitrogen and oxygen atoms in total. The van der Waals surface area contributed by atoms with E-state index in [1.807, 2.05) is 15.8 Å². The van der Waals surface area contributed by atoms with Gasteiger partial charge < -0.3 is 0 Å². The largest absolute Gasteiger partial charge is 0.289 e. The highest BCUT2D eigenvalue weighted by atomic mass is 79.9. The summed E-state index contributed by atoms with van der Waals surface area (Å²) in [6, 6.07) is 10.9. The van der Waals surface area contributed by atoms with Crippen molar-refractivity contribution in [3.63, 3.8) is 0 Å². The summed E-state index contributed by atoms with van der Waals surface area (Å²) in [6.07, 6.45) is 2.31. The molecule has 0 saturated carbocycles. The molecule has 1 saturated heterocycles. The lowest BCUT2D eigenvalue weighted by Crippen LogP contribution is -2.25. The van der Waals surface area contributed by atoms with Crippen molar-refractivity contribution in [1.82, 2.24) is 24.1 Å². The SMILES string of the molecule is Cn1c(=O)c2sccc2n2c(CN3CCCC3c3cccc(Br)c3)nnc12. The van der Waals surface area contributed by atoms with Crippen molar-refractivity contribution in [3.8, 4) is 0 Å². The number of nitrogens with zero attached hydrogens (tertiary/aromatic N) is 5. The minimum absolute atomic E-state index is 0.0142. The molecule has 8 heteroatoms. The third-order valence-electron chi connectivity index (χ3n) is 5.34. The average molecular weight is 444 g/mol. The monoisotopic (exact) mass is 443 g/mol. The molecule has 1 aromatic carbocycles. The van der Waals surface area contributed by atoms with E-state index >= 15 is 0 Å². The lowest BCUT2D eigenvalue weighted by molar-refractivity contribution is 0.241. The molecular formula is C19H18BrN5OS.